The fourth-order valence-corrected chi connectivity index (χ4v) is 5.25. The molecule has 0 spiro atoms. The predicted molar refractivity (Wildman–Crippen MR) is 159 cm³/mol. The van der Waals surface area contributed by atoms with Crippen molar-refractivity contribution in [1.82, 2.24) is 10.2 Å². The van der Waals surface area contributed by atoms with Crippen molar-refractivity contribution in [3.05, 3.63) is 63.7 Å². The Morgan fingerprint density at radius 1 is 1.05 bits per heavy atom. The maximum atomic E-state index is 14.4. The van der Waals surface area contributed by atoms with Crippen LogP contribution in [0.2, 0.25) is 5.02 Å². The molecular formula is C31H41ClN4O5. The van der Waals surface area contributed by atoms with Crippen molar-refractivity contribution in [1.29, 1.82) is 0 Å². The highest BCUT2D eigenvalue weighted by Crippen LogP contribution is 2.42. The summed E-state index contributed by atoms with van der Waals surface area (Å²) in [5.41, 5.74) is 8.20. The number of nitrogens with two attached hydrogens (primary N) is 1. The van der Waals surface area contributed by atoms with Crippen molar-refractivity contribution in [3.63, 3.8) is 0 Å². The first-order valence-corrected chi connectivity index (χ1v) is 14.2. The molecule has 2 aromatic carbocycles. The van der Waals surface area contributed by atoms with Crippen LogP contribution in [0.15, 0.2) is 36.4 Å². The summed E-state index contributed by atoms with van der Waals surface area (Å²) >= 11 is 6.46. The largest absolute Gasteiger partial charge is 0.444 e. The molecule has 0 aromatic heterocycles. The minimum absolute atomic E-state index is 0.0459. The number of aryl methyl sites for hydroxylation is 3. The number of amides is 4. The molecule has 2 aromatic rings. The highest BCUT2D eigenvalue weighted by molar-refractivity contribution is 6.34. The number of carbonyl (C=O) groups is 4. The SMILES string of the molecule is Cc1cccc(Cl)c1NC(=O)C(c1c(C)cccc1C)N(C(=O)C(CCC(N)=O)NC(=O)OC(C)(C)C)C1CC1C. The highest BCUT2D eigenvalue weighted by atomic mass is 35.5. The van der Waals surface area contributed by atoms with Crippen LogP contribution in [0, 0.1) is 26.7 Å². The topological polar surface area (TPSA) is 131 Å². The molecule has 1 saturated carbocycles. The van der Waals surface area contributed by atoms with Gasteiger partial charge in [-0.2, -0.15) is 0 Å². The molecule has 4 unspecified atom stereocenters. The monoisotopic (exact) mass is 584 g/mol. The summed E-state index contributed by atoms with van der Waals surface area (Å²) in [5.74, 6) is -1.42. The lowest BCUT2D eigenvalue weighted by atomic mass is 9.93. The van der Waals surface area contributed by atoms with Crippen molar-refractivity contribution >= 4 is 41.1 Å². The van der Waals surface area contributed by atoms with Crippen LogP contribution in [-0.2, 0) is 19.1 Å². The number of rotatable bonds is 10. The Morgan fingerprint density at radius 3 is 2.12 bits per heavy atom. The van der Waals surface area contributed by atoms with Gasteiger partial charge in [0, 0.05) is 12.5 Å². The molecule has 4 N–H and O–H groups in total. The molecule has 222 valence electrons. The van der Waals surface area contributed by atoms with E-state index in [-0.39, 0.29) is 24.8 Å². The standard InChI is InChI=1S/C31H41ClN4O5/c1-17-10-8-11-18(2)25(17)27(28(38)35-26-19(3)12-9-13-21(26)32)36(23-16-20(23)4)29(39)22(14-15-24(33)37)34-30(40)41-31(5,6)7/h8-13,20,22-23,27H,14-16H2,1-7H3,(H2,33,37)(H,34,40)(H,35,38). The lowest BCUT2D eigenvalue weighted by Crippen LogP contribution is -2.53. The highest BCUT2D eigenvalue weighted by Gasteiger charge is 2.49. The van der Waals surface area contributed by atoms with Gasteiger partial charge in [-0.05, 0) is 88.6 Å². The third-order valence-electron chi connectivity index (χ3n) is 7.16. The van der Waals surface area contributed by atoms with Crippen molar-refractivity contribution in [2.45, 2.75) is 91.5 Å². The number of nitrogens with one attached hydrogen (secondary N) is 2. The molecule has 1 aliphatic rings. The molecule has 0 saturated heterocycles. The molecule has 0 heterocycles. The van der Waals surface area contributed by atoms with E-state index >= 15 is 0 Å². The molecular weight excluding hydrogens is 544 g/mol. The number of para-hydroxylation sites is 1. The average Bonchev–Trinajstić information content (AvgIpc) is 3.57. The molecule has 1 aliphatic carbocycles. The summed E-state index contributed by atoms with van der Waals surface area (Å²) in [4.78, 5) is 54.7. The van der Waals surface area contributed by atoms with E-state index in [0.717, 1.165) is 16.7 Å². The smallest absolute Gasteiger partial charge is 0.408 e. The van der Waals surface area contributed by atoms with Crippen LogP contribution in [0.1, 0.15) is 75.3 Å². The Labute approximate surface area is 247 Å². The minimum atomic E-state index is -1.15. The predicted octanol–water partition coefficient (Wildman–Crippen LogP) is 5.34. The van der Waals surface area contributed by atoms with Crippen molar-refractivity contribution in [3.8, 4) is 0 Å². The van der Waals surface area contributed by atoms with Crippen molar-refractivity contribution in [2.24, 2.45) is 11.7 Å². The van der Waals surface area contributed by atoms with Gasteiger partial charge in [0.05, 0.1) is 10.7 Å². The van der Waals surface area contributed by atoms with E-state index in [1.165, 1.54) is 0 Å². The van der Waals surface area contributed by atoms with Crippen LogP contribution in [-0.4, -0.2) is 46.4 Å². The van der Waals surface area contributed by atoms with E-state index < -0.39 is 41.5 Å². The number of hydrogen-bond donors (Lipinski definition) is 3. The van der Waals surface area contributed by atoms with Crippen LogP contribution in [0.4, 0.5) is 10.5 Å². The second-order valence-corrected chi connectivity index (χ2v) is 12.3. The van der Waals surface area contributed by atoms with Crippen LogP contribution in [0.3, 0.4) is 0 Å². The van der Waals surface area contributed by atoms with Gasteiger partial charge in [-0.3, -0.25) is 14.4 Å². The second-order valence-electron chi connectivity index (χ2n) is 11.9. The van der Waals surface area contributed by atoms with E-state index in [0.29, 0.717) is 22.7 Å². The van der Waals surface area contributed by atoms with Crippen LogP contribution < -0.4 is 16.4 Å². The summed E-state index contributed by atoms with van der Waals surface area (Å²) < 4.78 is 5.41. The number of nitrogens with zero attached hydrogens (tertiary/aromatic N) is 1. The molecule has 0 aliphatic heterocycles. The number of benzene rings is 2. The lowest BCUT2D eigenvalue weighted by Gasteiger charge is -2.36. The summed E-state index contributed by atoms with van der Waals surface area (Å²) in [7, 11) is 0. The van der Waals surface area contributed by atoms with Crippen LogP contribution >= 0.6 is 11.6 Å². The molecule has 10 heteroatoms. The van der Waals surface area contributed by atoms with E-state index in [1.807, 2.05) is 52.0 Å². The van der Waals surface area contributed by atoms with Gasteiger partial charge >= 0.3 is 6.09 Å². The summed E-state index contributed by atoms with van der Waals surface area (Å²) in [6.45, 7) is 12.8. The minimum Gasteiger partial charge on any atom is -0.444 e. The summed E-state index contributed by atoms with van der Waals surface area (Å²) in [5, 5.41) is 5.99. The Kier molecular flexibility index (Phi) is 10.1. The number of hydrogen-bond acceptors (Lipinski definition) is 5. The van der Waals surface area contributed by atoms with Gasteiger partial charge in [-0.25, -0.2) is 4.79 Å². The molecule has 4 atom stereocenters. The second kappa shape index (κ2) is 12.9. The Morgan fingerprint density at radius 2 is 1.61 bits per heavy atom. The van der Waals surface area contributed by atoms with E-state index in [4.69, 9.17) is 22.1 Å². The van der Waals surface area contributed by atoms with Crippen LogP contribution in [0.25, 0.3) is 0 Å². The van der Waals surface area contributed by atoms with E-state index in [2.05, 4.69) is 10.6 Å². The molecule has 4 amide bonds. The fourth-order valence-electron chi connectivity index (χ4n) is 4.98. The number of carbonyl (C=O) groups excluding carboxylic acids is 4. The number of alkyl carbamates (subject to hydrolysis) is 1. The zero-order valence-corrected chi connectivity index (χ0v) is 25.6. The first kappa shape index (κ1) is 31.9. The Bertz CT molecular complexity index is 1280. The number of anilines is 1. The van der Waals surface area contributed by atoms with Gasteiger partial charge in [-0.15, -0.1) is 0 Å². The van der Waals surface area contributed by atoms with Gasteiger partial charge in [0.25, 0.3) is 5.91 Å². The van der Waals surface area contributed by atoms with Gasteiger partial charge < -0.3 is 26.0 Å². The van der Waals surface area contributed by atoms with Crippen molar-refractivity contribution < 1.29 is 23.9 Å². The molecule has 1 fully saturated rings. The number of ether oxygens (including phenoxy) is 1. The fraction of sp³-hybridized carbons (Fsp3) is 0.484. The number of halogens is 1. The maximum Gasteiger partial charge on any atom is 0.408 e. The third-order valence-corrected chi connectivity index (χ3v) is 7.47. The average molecular weight is 585 g/mol. The zero-order valence-electron chi connectivity index (χ0n) is 24.8. The molecule has 0 bridgehead atoms. The van der Waals surface area contributed by atoms with Gasteiger partial charge in [-0.1, -0.05) is 48.9 Å². The summed E-state index contributed by atoms with van der Waals surface area (Å²) in [6, 6.07) is 8.56. The quantitative estimate of drug-likeness (QED) is 0.347. The third kappa shape index (κ3) is 8.22. The summed E-state index contributed by atoms with van der Waals surface area (Å²) in [6.07, 6.45) is -0.306. The van der Waals surface area contributed by atoms with Crippen LogP contribution in [0.5, 0.6) is 0 Å². The Balaban J connectivity index is 2.11. The van der Waals surface area contributed by atoms with E-state index in [9.17, 15) is 19.2 Å². The van der Waals surface area contributed by atoms with Gasteiger partial charge in [0.2, 0.25) is 11.8 Å². The van der Waals surface area contributed by atoms with Gasteiger partial charge in [0.1, 0.15) is 17.7 Å². The molecule has 3 rings (SSSR count). The zero-order chi connectivity index (χ0) is 30.6. The molecule has 0 radical (unpaired) electrons. The van der Waals surface area contributed by atoms with E-state index in [1.54, 1.807) is 37.8 Å². The first-order chi connectivity index (χ1) is 19.1. The maximum absolute atomic E-state index is 14.4. The lowest BCUT2D eigenvalue weighted by molar-refractivity contribution is -0.142. The molecule has 9 nitrogen and oxygen atoms in total. The Hall–Kier alpha value is -3.59. The van der Waals surface area contributed by atoms with Crippen molar-refractivity contribution in [2.75, 3.05) is 5.32 Å². The number of primary amides is 1. The van der Waals surface area contributed by atoms with Gasteiger partial charge in [0.15, 0.2) is 0 Å². The first-order valence-electron chi connectivity index (χ1n) is 13.8. The normalized spacial score (nSPS) is 17.7. The molecule has 41 heavy (non-hydrogen) atoms.